The highest BCUT2D eigenvalue weighted by molar-refractivity contribution is 9.10. The molecule has 1 atom stereocenters. The van der Waals surface area contributed by atoms with Gasteiger partial charge in [0.1, 0.15) is 4.99 Å². The van der Waals surface area contributed by atoms with E-state index in [0.717, 1.165) is 21.1 Å². The van der Waals surface area contributed by atoms with Gasteiger partial charge in [0.15, 0.2) is 5.66 Å². The molecule has 1 N–H and O–H groups in total. The summed E-state index contributed by atoms with van der Waals surface area (Å²) < 4.78 is 1.10. The van der Waals surface area contributed by atoms with Gasteiger partial charge >= 0.3 is 0 Å². The third kappa shape index (κ3) is 2.76. The first kappa shape index (κ1) is 16.1. The van der Waals surface area contributed by atoms with E-state index in [4.69, 9.17) is 17.2 Å². The van der Waals surface area contributed by atoms with Crippen molar-refractivity contribution in [1.82, 2.24) is 5.32 Å². The van der Waals surface area contributed by atoms with Crippen LogP contribution in [0.5, 0.6) is 0 Å². The van der Waals surface area contributed by atoms with Crippen LogP contribution in [0.2, 0.25) is 0 Å². The zero-order chi connectivity index (χ0) is 15.9. The lowest BCUT2D eigenvalue weighted by Gasteiger charge is -2.40. The van der Waals surface area contributed by atoms with Crippen molar-refractivity contribution in [1.29, 1.82) is 0 Å². The molecule has 1 aromatic rings. The summed E-state index contributed by atoms with van der Waals surface area (Å²) in [6.07, 6.45) is 4.98. The Kier molecular flexibility index (Phi) is 4.43. The Bertz CT molecular complexity index is 632. The molecule has 1 fully saturated rings. The summed E-state index contributed by atoms with van der Waals surface area (Å²) in [5.74, 6) is 1.34. The van der Waals surface area contributed by atoms with Gasteiger partial charge in [0.25, 0.3) is 0 Å². The van der Waals surface area contributed by atoms with Crippen molar-refractivity contribution in [3.05, 3.63) is 33.8 Å². The maximum atomic E-state index is 5.51. The second kappa shape index (κ2) is 6.04. The SMILES string of the molecule is CC1=NC(c2cc(Br)ccc2C)(C2CCC(C)CC2)NC1=S. The Labute approximate surface area is 146 Å². The Balaban J connectivity index is 2.08. The van der Waals surface area contributed by atoms with Crippen LogP contribution in [-0.2, 0) is 5.66 Å². The molecule has 3 rings (SSSR count). The van der Waals surface area contributed by atoms with Crippen molar-refractivity contribution in [2.45, 2.75) is 52.1 Å². The molecule has 2 aliphatic rings. The Morgan fingerprint density at radius 2 is 1.91 bits per heavy atom. The van der Waals surface area contributed by atoms with Crippen molar-refractivity contribution in [2.24, 2.45) is 16.8 Å². The topological polar surface area (TPSA) is 24.4 Å². The van der Waals surface area contributed by atoms with Crippen LogP contribution < -0.4 is 5.32 Å². The predicted molar refractivity (Wildman–Crippen MR) is 101 cm³/mol. The zero-order valence-electron chi connectivity index (χ0n) is 13.4. The maximum Gasteiger partial charge on any atom is 0.159 e. The van der Waals surface area contributed by atoms with Gasteiger partial charge in [-0.2, -0.15) is 0 Å². The largest absolute Gasteiger partial charge is 0.347 e. The first-order valence-corrected chi connectivity index (χ1v) is 9.28. The average Bonchev–Trinajstić information content (AvgIpc) is 2.79. The van der Waals surface area contributed by atoms with Crippen LogP contribution in [0.25, 0.3) is 0 Å². The first-order valence-electron chi connectivity index (χ1n) is 8.08. The normalized spacial score (nSPS) is 31.8. The van der Waals surface area contributed by atoms with Crippen molar-refractivity contribution in [2.75, 3.05) is 0 Å². The summed E-state index contributed by atoms with van der Waals surface area (Å²) in [5, 5.41) is 3.59. The molecular weight excluding hydrogens is 356 g/mol. The van der Waals surface area contributed by atoms with Crippen LogP contribution in [0.4, 0.5) is 0 Å². The van der Waals surface area contributed by atoms with Gasteiger partial charge in [-0.25, -0.2) is 0 Å². The number of hydrogen-bond donors (Lipinski definition) is 1. The average molecular weight is 379 g/mol. The van der Waals surface area contributed by atoms with Crippen LogP contribution in [-0.4, -0.2) is 10.7 Å². The van der Waals surface area contributed by atoms with Gasteiger partial charge in [-0.1, -0.05) is 54.0 Å². The predicted octanol–water partition coefficient (Wildman–Crippen LogP) is 5.13. The van der Waals surface area contributed by atoms with Crippen LogP contribution in [0.3, 0.4) is 0 Å². The molecule has 1 aliphatic carbocycles. The number of aryl methyl sites for hydroxylation is 1. The van der Waals surface area contributed by atoms with E-state index >= 15 is 0 Å². The molecule has 1 saturated carbocycles. The highest BCUT2D eigenvalue weighted by Gasteiger charge is 2.46. The van der Waals surface area contributed by atoms with Gasteiger partial charge in [-0.15, -0.1) is 0 Å². The number of aliphatic imine (C=N–C) groups is 1. The molecule has 0 amide bonds. The lowest BCUT2D eigenvalue weighted by atomic mass is 9.73. The molecule has 22 heavy (non-hydrogen) atoms. The van der Waals surface area contributed by atoms with Gasteiger partial charge < -0.3 is 5.32 Å². The molecule has 1 aliphatic heterocycles. The third-order valence-electron chi connectivity index (χ3n) is 5.19. The Morgan fingerprint density at radius 1 is 1.23 bits per heavy atom. The molecule has 0 saturated heterocycles. The fourth-order valence-corrected chi connectivity index (χ4v) is 4.39. The van der Waals surface area contributed by atoms with Crippen LogP contribution in [0.1, 0.15) is 50.7 Å². The van der Waals surface area contributed by atoms with E-state index < -0.39 is 0 Å². The van der Waals surface area contributed by atoms with E-state index in [0.29, 0.717) is 5.92 Å². The van der Waals surface area contributed by atoms with Crippen LogP contribution in [0, 0.1) is 18.8 Å². The molecule has 2 nitrogen and oxygen atoms in total. The Morgan fingerprint density at radius 3 is 2.50 bits per heavy atom. The molecule has 4 heteroatoms. The van der Waals surface area contributed by atoms with Gasteiger partial charge in [0, 0.05) is 16.0 Å². The monoisotopic (exact) mass is 378 g/mol. The molecule has 0 radical (unpaired) electrons. The van der Waals surface area contributed by atoms with E-state index in [1.807, 2.05) is 6.92 Å². The number of halogens is 1. The number of hydrogen-bond acceptors (Lipinski definition) is 2. The van der Waals surface area contributed by atoms with Crippen molar-refractivity contribution >= 4 is 38.8 Å². The second-order valence-corrected chi connectivity index (χ2v) is 8.16. The van der Waals surface area contributed by atoms with Gasteiger partial charge in [-0.05, 0) is 50.3 Å². The minimum Gasteiger partial charge on any atom is -0.347 e. The Hall–Kier alpha value is -0.740. The quantitative estimate of drug-likeness (QED) is 0.721. The van der Waals surface area contributed by atoms with Gasteiger partial charge in [0.2, 0.25) is 0 Å². The zero-order valence-corrected chi connectivity index (χ0v) is 15.9. The van der Waals surface area contributed by atoms with Crippen molar-refractivity contribution < 1.29 is 0 Å². The number of thiocarbonyl (C=S) groups is 1. The van der Waals surface area contributed by atoms with Gasteiger partial charge in [0.05, 0.1) is 5.71 Å². The summed E-state index contributed by atoms with van der Waals surface area (Å²) in [6.45, 7) is 6.55. The van der Waals surface area contributed by atoms with E-state index in [1.165, 1.54) is 36.8 Å². The molecule has 1 aromatic carbocycles. The lowest BCUT2D eigenvalue weighted by Crippen LogP contribution is -2.47. The molecular formula is C18H23BrN2S. The minimum atomic E-state index is -0.366. The van der Waals surface area contributed by atoms with E-state index in [-0.39, 0.29) is 5.66 Å². The highest BCUT2D eigenvalue weighted by atomic mass is 79.9. The summed E-state index contributed by atoms with van der Waals surface area (Å²) in [7, 11) is 0. The molecule has 1 heterocycles. The number of rotatable bonds is 2. The number of nitrogens with one attached hydrogen (secondary N) is 1. The fourth-order valence-electron chi connectivity index (χ4n) is 3.83. The number of benzene rings is 1. The molecule has 0 spiro atoms. The van der Waals surface area contributed by atoms with E-state index in [2.05, 4.69) is 53.3 Å². The van der Waals surface area contributed by atoms with Crippen molar-refractivity contribution in [3.63, 3.8) is 0 Å². The van der Waals surface area contributed by atoms with E-state index in [1.54, 1.807) is 0 Å². The van der Waals surface area contributed by atoms with E-state index in [9.17, 15) is 0 Å². The van der Waals surface area contributed by atoms with Gasteiger partial charge in [-0.3, -0.25) is 4.99 Å². The smallest absolute Gasteiger partial charge is 0.159 e. The second-order valence-electron chi connectivity index (χ2n) is 6.83. The standard InChI is InChI=1S/C18H23BrN2S/c1-11-4-7-14(8-5-11)18(20-13(3)17(22)21-18)16-10-15(19)9-6-12(16)2/h6,9-11,14H,4-5,7-8H2,1-3H3,(H,21,22). The molecule has 1 unspecified atom stereocenters. The third-order valence-corrected chi connectivity index (χ3v) is 6.08. The van der Waals surface area contributed by atoms with Crippen LogP contribution in [0.15, 0.2) is 27.7 Å². The number of nitrogens with zero attached hydrogens (tertiary/aromatic N) is 1. The summed E-state index contributed by atoms with van der Waals surface area (Å²) in [6, 6.07) is 6.48. The minimum absolute atomic E-state index is 0.366. The lowest BCUT2D eigenvalue weighted by molar-refractivity contribution is 0.171. The molecule has 0 aromatic heterocycles. The summed E-state index contributed by atoms with van der Waals surface area (Å²) in [4.78, 5) is 5.87. The summed E-state index contributed by atoms with van der Waals surface area (Å²) >= 11 is 9.13. The highest BCUT2D eigenvalue weighted by Crippen LogP contribution is 2.45. The van der Waals surface area contributed by atoms with Crippen molar-refractivity contribution in [3.8, 4) is 0 Å². The summed E-state index contributed by atoms with van der Waals surface area (Å²) in [5.41, 5.74) is 3.14. The molecule has 118 valence electrons. The fraction of sp³-hybridized carbons (Fsp3) is 0.556. The van der Waals surface area contributed by atoms with Crippen LogP contribution >= 0.6 is 28.1 Å². The molecule has 0 bridgehead atoms. The maximum absolute atomic E-state index is 5.51. The first-order chi connectivity index (χ1) is 10.4.